The minimum absolute atomic E-state index is 0.0271. The highest BCUT2D eigenvalue weighted by molar-refractivity contribution is 6.80. The summed E-state index contributed by atoms with van der Waals surface area (Å²) < 4.78 is 16.2. The average Bonchev–Trinajstić information content (AvgIpc) is 3.38. The summed E-state index contributed by atoms with van der Waals surface area (Å²) in [4.78, 5) is 14.9. The van der Waals surface area contributed by atoms with Crippen LogP contribution in [-0.2, 0) is 0 Å². The smallest absolute Gasteiger partial charge is 0.283 e. The molecule has 1 aromatic heterocycles. The van der Waals surface area contributed by atoms with Crippen LogP contribution in [0.5, 0.6) is 11.5 Å². The van der Waals surface area contributed by atoms with Gasteiger partial charge in [0, 0.05) is 5.56 Å². The maximum Gasteiger partial charge on any atom is 0.283 e. The molecule has 0 radical (unpaired) electrons. The van der Waals surface area contributed by atoms with E-state index in [0.29, 0.717) is 17.2 Å². The maximum absolute atomic E-state index is 14.9. The zero-order chi connectivity index (χ0) is 35.1. The molecule has 1 amide bonds. The summed E-state index contributed by atoms with van der Waals surface area (Å²) in [7, 11) is -5.28. The molecule has 0 unspecified atom stereocenters. The number of carbonyl (C=O) groups excluding carboxylic acids is 1. The summed E-state index contributed by atoms with van der Waals surface area (Å²) in [6.45, 7) is 33.4. The van der Waals surface area contributed by atoms with Crippen molar-refractivity contribution in [3.8, 4) is 22.8 Å². The van der Waals surface area contributed by atoms with Crippen molar-refractivity contribution in [2.75, 3.05) is 7.11 Å². The number of hydrazone groups is 1. The molecule has 0 aliphatic carbocycles. The van der Waals surface area contributed by atoms with Gasteiger partial charge in [-0.1, -0.05) is 92.6 Å². The molecule has 252 valence electrons. The summed E-state index contributed by atoms with van der Waals surface area (Å²) in [5.41, 5.74) is 3.22. The van der Waals surface area contributed by atoms with E-state index in [0.717, 1.165) is 16.8 Å². The first-order chi connectivity index (χ1) is 20.8. The van der Waals surface area contributed by atoms with Crippen molar-refractivity contribution in [3.05, 3.63) is 65.9 Å². The Hall–Kier alpha value is -2.96. The molecule has 0 aliphatic heterocycles. The topological polar surface area (TPSA) is 69.0 Å². The lowest BCUT2D eigenvalue weighted by Crippen LogP contribution is -2.56. The van der Waals surface area contributed by atoms with Crippen LogP contribution >= 0.6 is 0 Å². The van der Waals surface area contributed by atoms with Gasteiger partial charge in [0.15, 0.2) is 22.2 Å². The number of benzene rings is 2. The predicted octanol–water partition coefficient (Wildman–Crippen LogP) is 10.3. The van der Waals surface area contributed by atoms with Crippen LogP contribution in [0.25, 0.3) is 11.3 Å². The van der Waals surface area contributed by atoms with E-state index in [4.69, 9.17) is 19.4 Å². The summed E-state index contributed by atoms with van der Waals surface area (Å²) in [5, 5.41) is 9.99. The molecule has 3 rings (SSSR count). The van der Waals surface area contributed by atoms with Gasteiger partial charge in [0.1, 0.15) is 11.4 Å². The Morgan fingerprint density at radius 2 is 1.39 bits per heavy atom. The molecule has 0 atom stereocenters. The number of ether oxygens (including phenoxy) is 1. The molecule has 0 saturated carbocycles. The quantitative estimate of drug-likeness (QED) is 0.128. The Morgan fingerprint density at radius 1 is 0.804 bits per heavy atom. The summed E-state index contributed by atoms with van der Waals surface area (Å²) in [6, 6.07) is 17.9. The van der Waals surface area contributed by atoms with E-state index in [1.165, 1.54) is 0 Å². The first kappa shape index (κ1) is 37.5. The molecule has 0 fully saturated rings. The molecule has 46 heavy (non-hydrogen) atoms. The van der Waals surface area contributed by atoms with Crippen LogP contribution in [0, 0.1) is 0 Å². The van der Waals surface area contributed by atoms with Crippen molar-refractivity contribution in [2.45, 2.75) is 117 Å². The Balaban J connectivity index is 2.21. The van der Waals surface area contributed by atoms with Crippen molar-refractivity contribution in [1.82, 2.24) is 14.1 Å². The van der Waals surface area contributed by atoms with Gasteiger partial charge in [-0.05, 0) is 84.2 Å². The molecule has 0 bridgehead atoms. The molecule has 7 nitrogen and oxygen atoms in total. The number of hydrogen-bond donors (Lipinski definition) is 0. The van der Waals surface area contributed by atoms with E-state index in [-0.39, 0.29) is 21.0 Å². The lowest BCUT2D eigenvalue weighted by Gasteiger charge is -2.43. The van der Waals surface area contributed by atoms with Crippen LogP contribution in [-0.4, -0.2) is 58.1 Å². The zero-order valence-electron chi connectivity index (χ0n) is 31.3. The zero-order valence-corrected chi connectivity index (χ0v) is 34.3. The molecule has 0 spiro atoms. The summed E-state index contributed by atoms with van der Waals surface area (Å²) >= 11 is 0. The third-order valence-electron chi connectivity index (χ3n) is 10.6. The van der Waals surface area contributed by atoms with E-state index in [1.807, 2.05) is 54.6 Å². The van der Waals surface area contributed by atoms with Gasteiger partial charge in [0.25, 0.3) is 14.2 Å². The molecule has 10 heteroatoms. The highest BCUT2D eigenvalue weighted by Crippen LogP contribution is 2.43. The highest BCUT2D eigenvalue weighted by Gasteiger charge is 2.47. The Bertz CT molecular complexity index is 1560. The normalized spacial score (nSPS) is 13.7. The van der Waals surface area contributed by atoms with Gasteiger partial charge in [-0.2, -0.15) is 10.2 Å². The molecule has 1 heterocycles. The van der Waals surface area contributed by atoms with Gasteiger partial charge in [0.05, 0.1) is 19.0 Å². The minimum atomic E-state index is -2.52. The van der Waals surface area contributed by atoms with E-state index in [9.17, 15) is 4.79 Å². The number of aromatic nitrogens is 2. The Kier molecular flexibility index (Phi) is 10.5. The Labute approximate surface area is 281 Å². The fourth-order valence-electron chi connectivity index (χ4n) is 4.31. The third-order valence-corrected chi connectivity index (χ3v) is 25.1. The molecule has 0 N–H and O–H groups in total. The van der Waals surface area contributed by atoms with Gasteiger partial charge in [-0.15, -0.1) is 0 Å². The fourth-order valence-corrected chi connectivity index (χ4v) is 8.69. The molecule has 0 saturated heterocycles. The summed E-state index contributed by atoms with van der Waals surface area (Å²) in [6.07, 6.45) is 1.79. The number of methoxy groups -OCH3 is 1. The number of nitrogens with zero attached hydrogens (tertiary/aromatic N) is 4. The Morgan fingerprint density at radius 3 is 1.89 bits per heavy atom. The fraction of sp³-hybridized carbons (Fsp3) is 0.528. The van der Waals surface area contributed by atoms with Crippen molar-refractivity contribution >= 4 is 36.9 Å². The second-order valence-corrected chi connectivity index (χ2v) is 31.8. The number of hydrogen-bond acceptors (Lipinski definition) is 5. The van der Waals surface area contributed by atoms with Crippen LogP contribution < -0.4 is 9.16 Å². The average molecular weight is 679 g/mol. The van der Waals surface area contributed by atoms with Crippen molar-refractivity contribution < 1.29 is 14.0 Å². The molecule has 3 aromatic rings. The number of amides is 1. The van der Waals surface area contributed by atoms with Gasteiger partial charge >= 0.3 is 0 Å². The number of carbonyl (C=O) groups is 1. The van der Waals surface area contributed by atoms with E-state index in [1.54, 1.807) is 18.0 Å². The van der Waals surface area contributed by atoms with Crippen molar-refractivity contribution in [2.24, 2.45) is 5.10 Å². The monoisotopic (exact) mass is 678 g/mol. The van der Waals surface area contributed by atoms with Gasteiger partial charge < -0.3 is 9.16 Å². The van der Waals surface area contributed by atoms with Crippen LogP contribution in [0.4, 0.5) is 0 Å². The van der Waals surface area contributed by atoms with Gasteiger partial charge in [0.2, 0.25) is 0 Å². The number of rotatable bonds is 9. The molecular weight excluding hydrogens is 621 g/mol. The van der Waals surface area contributed by atoms with Crippen molar-refractivity contribution in [3.63, 3.8) is 0 Å². The van der Waals surface area contributed by atoms with Crippen LogP contribution in [0.3, 0.4) is 0 Å². The van der Waals surface area contributed by atoms with E-state index < -0.39 is 24.8 Å². The SMILES string of the molecule is COc1ccc(/C=N/N(C(=O)c2cc(-c3ccccc3)nn2[Si](C)(C)C(C)(C)C)[Si](C)(C)C(C)(C)C)cc1O[Si](C)(C)C(C)(C)C. The maximum atomic E-state index is 14.9. The van der Waals surface area contributed by atoms with Gasteiger partial charge in [-0.3, -0.25) is 13.8 Å². The second kappa shape index (κ2) is 12.9. The largest absolute Gasteiger partial charge is 0.541 e. The summed E-state index contributed by atoms with van der Waals surface area (Å²) in [5.74, 6) is 1.27. The third kappa shape index (κ3) is 7.60. The van der Waals surface area contributed by atoms with Crippen LogP contribution in [0.15, 0.2) is 59.7 Å². The van der Waals surface area contributed by atoms with Crippen molar-refractivity contribution in [1.29, 1.82) is 0 Å². The lowest BCUT2D eigenvalue weighted by molar-refractivity contribution is 0.0840. The predicted molar refractivity (Wildman–Crippen MR) is 202 cm³/mol. The van der Waals surface area contributed by atoms with E-state index >= 15 is 0 Å². The first-order valence-electron chi connectivity index (χ1n) is 16.3. The van der Waals surface area contributed by atoms with Crippen LogP contribution in [0.1, 0.15) is 78.4 Å². The molecular formula is C36H58N4O3Si3. The lowest BCUT2D eigenvalue weighted by atomic mass is 10.1. The highest BCUT2D eigenvalue weighted by atomic mass is 28.4. The van der Waals surface area contributed by atoms with E-state index in [2.05, 4.69) is 106 Å². The van der Waals surface area contributed by atoms with Crippen LogP contribution in [0.2, 0.25) is 54.4 Å². The first-order valence-corrected chi connectivity index (χ1v) is 25.1. The standard InChI is InChI=1S/C36H58N4O3Si3/c1-34(2,3)44(11,12)39-30(25-29(38-39)28-20-18-17-19-21-28)33(41)40(45(13,14)35(4,5)6)37-26-27-22-23-31(42-10)32(24-27)43-46(15,16)36(7,8)9/h17-26H,1-16H3/b37-26+. The molecule has 0 aliphatic rings. The molecule has 2 aromatic carbocycles. The second-order valence-electron chi connectivity index (χ2n) is 16.9. The van der Waals surface area contributed by atoms with Gasteiger partial charge in [-0.25, -0.2) is 0 Å². The minimum Gasteiger partial charge on any atom is -0.541 e.